The summed E-state index contributed by atoms with van der Waals surface area (Å²) >= 11 is 0. The molecule has 0 unspecified atom stereocenters. The standard InChI is InChI=1S/C20H30N4O3/c1-4-23(15-16-8-6-5-7-9-16)18(25)14-22-20(21-2)24-12-10-17(11-13-24)19(26)27-3/h5-9,17H,4,10-15H2,1-3H3,(H,21,22). The van der Waals surface area contributed by atoms with Gasteiger partial charge in [-0.25, -0.2) is 0 Å². The van der Waals surface area contributed by atoms with E-state index in [9.17, 15) is 9.59 Å². The number of carbonyl (C=O) groups is 2. The van der Waals surface area contributed by atoms with Crippen LogP contribution in [0.1, 0.15) is 25.3 Å². The number of hydrogen-bond acceptors (Lipinski definition) is 4. The van der Waals surface area contributed by atoms with Crippen LogP contribution < -0.4 is 5.32 Å². The number of likely N-dealkylation sites (tertiary alicyclic amines) is 1. The highest BCUT2D eigenvalue weighted by molar-refractivity contribution is 5.86. The molecule has 2 rings (SSSR count). The number of likely N-dealkylation sites (N-methyl/N-ethyl adjacent to an activating group) is 1. The Kier molecular flexibility index (Phi) is 8.10. The van der Waals surface area contributed by atoms with Crippen LogP contribution in [0.15, 0.2) is 35.3 Å². The van der Waals surface area contributed by atoms with Crippen LogP contribution in [0.3, 0.4) is 0 Å². The van der Waals surface area contributed by atoms with E-state index in [-0.39, 0.29) is 24.3 Å². The third kappa shape index (κ3) is 5.98. The Hall–Kier alpha value is -2.57. The fraction of sp³-hybridized carbons (Fsp3) is 0.550. The SMILES string of the molecule is CCN(Cc1ccccc1)C(=O)CNC(=NC)N1CCC(C(=O)OC)CC1. The molecule has 148 valence electrons. The average molecular weight is 374 g/mol. The molecule has 27 heavy (non-hydrogen) atoms. The van der Waals surface area contributed by atoms with Crippen molar-refractivity contribution >= 4 is 17.8 Å². The number of ether oxygens (including phenoxy) is 1. The van der Waals surface area contributed by atoms with Gasteiger partial charge in [0, 0.05) is 33.2 Å². The summed E-state index contributed by atoms with van der Waals surface area (Å²) in [4.78, 5) is 32.4. The Labute approximate surface area is 161 Å². The third-order valence-corrected chi connectivity index (χ3v) is 4.89. The summed E-state index contributed by atoms with van der Waals surface area (Å²) in [5, 5.41) is 3.17. The van der Waals surface area contributed by atoms with Crippen molar-refractivity contribution in [2.24, 2.45) is 10.9 Å². The zero-order chi connectivity index (χ0) is 19.6. The lowest BCUT2D eigenvalue weighted by atomic mass is 9.97. The number of hydrogen-bond donors (Lipinski definition) is 1. The van der Waals surface area contributed by atoms with Crippen molar-refractivity contribution in [2.45, 2.75) is 26.3 Å². The van der Waals surface area contributed by atoms with Crippen molar-refractivity contribution in [3.05, 3.63) is 35.9 Å². The maximum Gasteiger partial charge on any atom is 0.308 e. The van der Waals surface area contributed by atoms with Gasteiger partial charge in [-0.05, 0) is 25.3 Å². The van der Waals surface area contributed by atoms with Gasteiger partial charge in [-0.3, -0.25) is 14.6 Å². The Morgan fingerprint density at radius 1 is 1.26 bits per heavy atom. The molecule has 0 atom stereocenters. The number of guanidine groups is 1. The number of rotatable bonds is 6. The van der Waals surface area contributed by atoms with Gasteiger partial charge < -0.3 is 19.9 Å². The van der Waals surface area contributed by atoms with Crippen molar-refractivity contribution in [2.75, 3.05) is 40.3 Å². The number of nitrogens with one attached hydrogen (secondary N) is 1. The van der Waals surface area contributed by atoms with E-state index in [0.29, 0.717) is 19.0 Å². The molecular weight excluding hydrogens is 344 g/mol. The molecule has 0 radical (unpaired) electrons. The van der Waals surface area contributed by atoms with Gasteiger partial charge in [0.15, 0.2) is 5.96 Å². The van der Waals surface area contributed by atoms with Crippen molar-refractivity contribution in [3.63, 3.8) is 0 Å². The predicted octanol–water partition coefficient (Wildman–Crippen LogP) is 1.50. The molecule has 0 saturated carbocycles. The van der Waals surface area contributed by atoms with Gasteiger partial charge in [-0.1, -0.05) is 30.3 Å². The van der Waals surface area contributed by atoms with Crippen molar-refractivity contribution in [1.82, 2.24) is 15.1 Å². The minimum absolute atomic E-state index is 0.0342. The summed E-state index contributed by atoms with van der Waals surface area (Å²) in [6.45, 7) is 4.86. The second kappa shape index (κ2) is 10.5. The van der Waals surface area contributed by atoms with Crippen LogP contribution in [-0.4, -0.2) is 68.0 Å². The first kappa shape index (κ1) is 20.7. The highest BCUT2D eigenvalue weighted by atomic mass is 16.5. The second-order valence-electron chi connectivity index (χ2n) is 6.58. The molecule has 0 aromatic heterocycles. The Bertz CT molecular complexity index is 640. The molecule has 1 aromatic carbocycles. The van der Waals surface area contributed by atoms with Crippen LogP contribution in [-0.2, 0) is 20.9 Å². The molecule has 0 aliphatic carbocycles. The van der Waals surface area contributed by atoms with Crippen LogP contribution >= 0.6 is 0 Å². The second-order valence-corrected chi connectivity index (χ2v) is 6.58. The van der Waals surface area contributed by atoms with Crippen LogP contribution in [0.25, 0.3) is 0 Å². The number of methoxy groups -OCH3 is 1. The lowest BCUT2D eigenvalue weighted by molar-refractivity contribution is -0.146. The average Bonchev–Trinajstić information content (AvgIpc) is 2.72. The molecule has 0 spiro atoms. The van der Waals surface area contributed by atoms with Crippen LogP contribution in [0.4, 0.5) is 0 Å². The first-order chi connectivity index (χ1) is 13.1. The molecule has 1 N–H and O–H groups in total. The van der Waals surface area contributed by atoms with Gasteiger partial charge in [-0.2, -0.15) is 0 Å². The molecule has 1 saturated heterocycles. The van der Waals surface area contributed by atoms with E-state index in [1.807, 2.05) is 42.2 Å². The highest BCUT2D eigenvalue weighted by Crippen LogP contribution is 2.18. The molecule has 7 nitrogen and oxygen atoms in total. The van der Waals surface area contributed by atoms with E-state index in [2.05, 4.69) is 15.2 Å². The fourth-order valence-electron chi connectivity index (χ4n) is 3.27. The summed E-state index contributed by atoms with van der Waals surface area (Å²) in [5.41, 5.74) is 1.11. The molecule has 1 fully saturated rings. The van der Waals surface area contributed by atoms with E-state index in [0.717, 1.165) is 31.5 Å². The van der Waals surface area contributed by atoms with Gasteiger partial charge in [0.2, 0.25) is 5.91 Å². The number of carbonyl (C=O) groups excluding carboxylic acids is 2. The molecule has 1 aromatic rings. The van der Waals surface area contributed by atoms with Crippen LogP contribution in [0.5, 0.6) is 0 Å². The van der Waals surface area contributed by atoms with Crippen molar-refractivity contribution < 1.29 is 14.3 Å². The number of nitrogens with zero attached hydrogens (tertiary/aromatic N) is 3. The van der Waals surface area contributed by atoms with E-state index in [4.69, 9.17) is 4.74 Å². The van der Waals surface area contributed by atoms with Gasteiger partial charge in [0.1, 0.15) is 0 Å². The maximum atomic E-state index is 12.6. The Morgan fingerprint density at radius 3 is 2.48 bits per heavy atom. The number of benzene rings is 1. The molecule has 1 heterocycles. The molecule has 1 aliphatic rings. The molecule has 1 amide bonds. The summed E-state index contributed by atoms with van der Waals surface area (Å²) in [5.74, 6) is 0.536. The maximum absolute atomic E-state index is 12.6. The highest BCUT2D eigenvalue weighted by Gasteiger charge is 2.27. The first-order valence-corrected chi connectivity index (χ1v) is 9.44. The number of amides is 1. The predicted molar refractivity (Wildman–Crippen MR) is 105 cm³/mol. The van der Waals surface area contributed by atoms with Crippen molar-refractivity contribution in [3.8, 4) is 0 Å². The molecule has 7 heteroatoms. The minimum atomic E-state index is -0.146. The van der Waals surface area contributed by atoms with Gasteiger partial charge in [0.25, 0.3) is 0 Å². The topological polar surface area (TPSA) is 74.2 Å². The van der Waals surface area contributed by atoms with E-state index in [1.54, 1.807) is 7.05 Å². The summed E-state index contributed by atoms with van der Waals surface area (Å²) in [6, 6.07) is 9.97. The van der Waals surface area contributed by atoms with Crippen LogP contribution in [0.2, 0.25) is 0 Å². The quantitative estimate of drug-likeness (QED) is 0.464. The monoisotopic (exact) mass is 374 g/mol. The van der Waals surface area contributed by atoms with Gasteiger partial charge in [0.05, 0.1) is 19.6 Å². The normalized spacial score (nSPS) is 15.4. The van der Waals surface area contributed by atoms with E-state index in [1.165, 1.54) is 7.11 Å². The molecule has 0 bridgehead atoms. The number of esters is 1. The number of aliphatic imine (C=N–C) groups is 1. The zero-order valence-electron chi connectivity index (χ0n) is 16.5. The number of piperidine rings is 1. The summed E-state index contributed by atoms with van der Waals surface area (Å²) in [7, 11) is 3.14. The molecular formula is C20H30N4O3. The van der Waals surface area contributed by atoms with E-state index < -0.39 is 0 Å². The largest absolute Gasteiger partial charge is 0.469 e. The Morgan fingerprint density at radius 2 is 1.93 bits per heavy atom. The lowest BCUT2D eigenvalue weighted by Crippen LogP contribution is -2.49. The zero-order valence-corrected chi connectivity index (χ0v) is 16.5. The Balaban J connectivity index is 1.84. The first-order valence-electron chi connectivity index (χ1n) is 9.44. The molecule has 1 aliphatic heterocycles. The minimum Gasteiger partial charge on any atom is -0.469 e. The lowest BCUT2D eigenvalue weighted by Gasteiger charge is -2.33. The van der Waals surface area contributed by atoms with Crippen molar-refractivity contribution in [1.29, 1.82) is 0 Å². The van der Waals surface area contributed by atoms with Gasteiger partial charge in [-0.15, -0.1) is 0 Å². The van der Waals surface area contributed by atoms with Gasteiger partial charge >= 0.3 is 5.97 Å². The van der Waals surface area contributed by atoms with E-state index >= 15 is 0 Å². The smallest absolute Gasteiger partial charge is 0.308 e. The van der Waals surface area contributed by atoms with Crippen LogP contribution in [0, 0.1) is 5.92 Å². The third-order valence-electron chi connectivity index (χ3n) is 4.89. The summed E-state index contributed by atoms with van der Waals surface area (Å²) in [6.07, 6.45) is 1.47. The fourth-order valence-corrected chi connectivity index (χ4v) is 3.27. The summed E-state index contributed by atoms with van der Waals surface area (Å²) < 4.78 is 4.82.